The maximum absolute atomic E-state index is 11.5. The van der Waals surface area contributed by atoms with Gasteiger partial charge >= 0.3 is 16.3 Å². The number of nitrogens with zero attached hydrogens (tertiary/aromatic N) is 1. The number of hydrogen-bond donors (Lipinski definition) is 2. The molecule has 7 nitrogen and oxygen atoms in total. The number of carbonyl (C=O) groups excluding carboxylic acids is 1. The van der Waals surface area contributed by atoms with Crippen LogP contribution in [0, 0.1) is 0 Å². The largest absolute Gasteiger partial charge is 0.449 e. The van der Waals surface area contributed by atoms with Gasteiger partial charge in [0.2, 0.25) is 0 Å². The summed E-state index contributed by atoms with van der Waals surface area (Å²) in [5, 5.41) is 0. The zero-order valence-corrected chi connectivity index (χ0v) is 9.29. The Morgan fingerprint density at radius 3 is 2.80 bits per heavy atom. The summed E-state index contributed by atoms with van der Waals surface area (Å²) in [4.78, 5) is 10.9. The minimum Gasteiger partial charge on any atom is -0.449 e. The maximum atomic E-state index is 11.5. The Bertz CT molecular complexity index is 329. The van der Waals surface area contributed by atoms with E-state index in [-0.39, 0.29) is 19.2 Å². The van der Waals surface area contributed by atoms with Gasteiger partial charge in [-0.1, -0.05) is 0 Å². The normalized spacial score (nSPS) is 22.7. The summed E-state index contributed by atoms with van der Waals surface area (Å²) >= 11 is 0. The van der Waals surface area contributed by atoms with E-state index in [1.807, 2.05) is 0 Å². The van der Waals surface area contributed by atoms with Crippen LogP contribution in [0.15, 0.2) is 0 Å². The van der Waals surface area contributed by atoms with Gasteiger partial charge < -0.3 is 10.5 Å². The quantitative estimate of drug-likeness (QED) is 0.656. The molecular weight excluding hydrogens is 222 g/mol. The monoisotopic (exact) mass is 237 g/mol. The third-order valence-corrected chi connectivity index (χ3v) is 3.45. The van der Waals surface area contributed by atoms with Crippen molar-refractivity contribution in [3.05, 3.63) is 0 Å². The van der Waals surface area contributed by atoms with Crippen molar-refractivity contribution in [3.8, 4) is 0 Å². The lowest BCUT2D eigenvalue weighted by atomic mass is 10.3. The van der Waals surface area contributed by atoms with Gasteiger partial charge in [0.1, 0.15) is 0 Å². The predicted octanol–water partition coefficient (Wildman–Crippen LogP) is -0.990. The molecular formula is C7H15N3O4S. The molecule has 1 fully saturated rings. The molecule has 1 saturated heterocycles. The third kappa shape index (κ3) is 3.33. The first-order valence-electron chi connectivity index (χ1n) is 4.66. The first-order valence-corrected chi connectivity index (χ1v) is 6.10. The summed E-state index contributed by atoms with van der Waals surface area (Å²) in [5.74, 6) is 0. The molecule has 0 bridgehead atoms. The number of rotatable bonds is 3. The molecule has 0 spiro atoms. The summed E-state index contributed by atoms with van der Waals surface area (Å²) in [6.45, 7) is 2.28. The minimum atomic E-state index is -3.79. The third-order valence-electron chi connectivity index (χ3n) is 2.02. The molecule has 0 aromatic rings. The van der Waals surface area contributed by atoms with Gasteiger partial charge in [-0.25, -0.2) is 9.52 Å². The number of carbonyl (C=O) groups is 1. The number of ether oxygens (including phenoxy) is 1. The Balaban J connectivity index is 2.56. The van der Waals surface area contributed by atoms with Crippen LogP contribution in [-0.2, 0) is 14.9 Å². The number of nitrogens with two attached hydrogens (primary N) is 1. The Labute approximate surface area is 88.7 Å². The van der Waals surface area contributed by atoms with E-state index in [4.69, 9.17) is 5.73 Å². The zero-order valence-electron chi connectivity index (χ0n) is 8.47. The fraction of sp³-hybridized carbons (Fsp3) is 0.857. The molecule has 3 N–H and O–H groups in total. The van der Waals surface area contributed by atoms with Gasteiger partial charge in [0.15, 0.2) is 0 Å². The highest BCUT2D eigenvalue weighted by Gasteiger charge is 2.30. The molecule has 0 saturated carbocycles. The molecule has 1 heterocycles. The number of nitrogens with one attached hydrogen (secondary N) is 1. The summed E-state index contributed by atoms with van der Waals surface area (Å²) in [5.41, 5.74) is 5.56. The summed E-state index contributed by atoms with van der Waals surface area (Å²) in [7, 11) is -3.79. The Morgan fingerprint density at radius 1 is 1.67 bits per heavy atom. The highest BCUT2D eigenvalue weighted by atomic mass is 32.2. The average molecular weight is 237 g/mol. The number of hydrogen-bond acceptors (Lipinski definition) is 5. The van der Waals surface area contributed by atoms with E-state index in [0.29, 0.717) is 13.0 Å². The van der Waals surface area contributed by atoms with E-state index < -0.39 is 16.3 Å². The van der Waals surface area contributed by atoms with Gasteiger partial charge in [-0.05, 0) is 13.3 Å². The molecule has 0 aromatic heterocycles. The van der Waals surface area contributed by atoms with Crippen LogP contribution in [0.2, 0.25) is 0 Å². The molecule has 1 atom stereocenters. The van der Waals surface area contributed by atoms with Crippen molar-refractivity contribution in [1.29, 1.82) is 0 Å². The fourth-order valence-electron chi connectivity index (χ4n) is 1.30. The van der Waals surface area contributed by atoms with Crippen LogP contribution in [-0.4, -0.2) is 44.6 Å². The van der Waals surface area contributed by atoms with E-state index in [1.165, 1.54) is 0 Å². The zero-order chi connectivity index (χ0) is 11.5. The van der Waals surface area contributed by atoms with E-state index in [2.05, 4.69) is 4.74 Å². The van der Waals surface area contributed by atoms with Crippen molar-refractivity contribution < 1.29 is 17.9 Å². The molecule has 1 amide bonds. The van der Waals surface area contributed by atoms with Crippen LogP contribution in [0.25, 0.3) is 0 Å². The van der Waals surface area contributed by atoms with Crippen LogP contribution in [0.1, 0.15) is 13.3 Å². The Morgan fingerprint density at radius 2 is 2.33 bits per heavy atom. The smallest absolute Gasteiger partial charge is 0.421 e. The van der Waals surface area contributed by atoms with Crippen LogP contribution in [0.4, 0.5) is 4.79 Å². The van der Waals surface area contributed by atoms with Gasteiger partial charge in [0, 0.05) is 19.1 Å². The van der Waals surface area contributed by atoms with Gasteiger partial charge in [0.25, 0.3) is 0 Å². The second kappa shape index (κ2) is 4.77. The highest BCUT2D eigenvalue weighted by Crippen LogP contribution is 2.10. The van der Waals surface area contributed by atoms with Crippen LogP contribution >= 0.6 is 0 Å². The Kier molecular flexibility index (Phi) is 3.89. The molecule has 0 aliphatic carbocycles. The second-order valence-electron chi connectivity index (χ2n) is 3.23. The van der Waals surface area contributed by atoms with Crippen molar-refractivity contribution in [3.63, 3.8) is 0 Å². The lowest BCUT2D eigenvalue weighted by molar-refractivity contribution is 0.158. The SMILES string of the molecule is CCOC(=O)NS(=O)(=O)N1CCC(N)C1. The van der Waals surface area contributed by atoms with E-state index in [1.54, 1.807) is 11.6 Å². The van der Waals surface area contributed by atoms with E-state index in [0.717, 1.165) is 4.31 Å². The second-order valence-corrected chi connectivity index (χ2v) is 4.90. The van der Waals surface area contributed by atoms with Crippen molar-refractivity contribution in [2.45, 2.75) is 19.4 Å². The minimum absolute atomic E-state index is 0.126. The lowest BCUT2D eigenvalue weighted by Crippen LogP contribution is -2.43. The van der Waals surface area contributed by atoms with Gasteiger partial charge in [0.05, 0.1) is 6.61 Å². The van der Waals surface area contributed by atoms with Gasteiger partial charge in [-0.15, -0.1) is 0 Å². The summed E-state index contributed by atoms with van der Waals surface area (Å²) in [6, 6.07) is -0.163. The van der Waals surface area contributed by atoms with Gasteiger partial charge in [-0.2, -0.15) is 12.7 Å². The maximum Gasteiger partial charge on any atom is 0.421 e. The summed E-state index contributed by atoms with van der Waals surface area (Å²) < 4.78 is 30.5. The Hall–Kier alpha value is -0.860. The molecule has 1 aliphatic rings. The van der Waals surface area contributed by atoms with Crippen LogP contribution in [0.3, 0.4) is 0 Å². The van der Waals surface area contributed by atoms with Crippen LogP contribution in [0.5, 0.6) is 0 Å². The van der Waals surface area contributed by atoms with Crippen molar-refractivity contribution >= 4 is 16.3 Å². The molecule has 0 aromatic carbocycles. The van der Waals surface area contributed by atoms with Crippen molar-refractivity contribution in [2.24, 2.45) is 5.73 Å². The molecule has 1 unspecified atom stereocenters. The molecule has 8 heteroatoms. The molecule has 0 radical (unpaired) electrons. The first kappa shape index (κ1) is 12.2. The van der Waals surface area contributed by atoms with Gasteiger partial charge in [-0.3, -0.25) is 0 Å². The highest BCUT2D eigenvalue weighted by molar-refractivity contribution is 7.87. The fourth-order valence-corrected chi connectivity index (χ4v) is 2.43. The van der Waals surface area contributed by atoms with Crippen LogP contribution < -0.4 is 10.5 Å². The molecule has 1 rings (SSSR count). The molecule has 15 heavy (non-hydrogen) atoms. The summed E-state index contributed by atoms with van der Waals surface area (Å²) in [6.07, 6.45) is -0.359. The van der Waals surface area contributed by atoms with E-state index >= 15 is 0 Å². The predicted molar refractivity (Wildman–Crippen MR) is 53.2 cm³/mol. The first-order chi connectivity index (χ1) is 6.95. The molecule has 1 aliphatic heterocycles. The lowest BCUT2D eigenvalue weighted by Gasteiger charge is -2.15. The van der Waals surface area contributed by atoms with Crippen molar-refractivity contribution in [1.82, 2.24) is 9.03 Å². The standard InChI is InChI=1S/C7H15N3O4S/c1-2-14-7(11)9-15(12,13)10-4-3-6(8)5-10/h6H,2-5,8H2,1H3,(H,9,11). The van der Waals surface area contributed by atoms with Crippen molar-refractivity contribution in [2.75, 3.05) is 19.7 Å². The average Bonchev–Trinajstić information content (AvgIpc) is 2.51. The number of amides is 1. The topological polar surface area (TPSA) is 102 Å². The molecule has 88 valence electrons. The van der Waals surface area contributed by atoms with E-state index in [9.17, 15) is 13.2 Å².